The number of phenolic OH excluding ortho intramolecular Hbond substituents is 1. The molecular formula is C22H20O11. The summed E-state index contributed by atoms with van der Waals surface area (Å²) in [5.41, 5.74) is 0.0670. The number of hydrogen-bond donors (Lipinski definition) is 5. The number of carbonyl (C=O) groups is 1. The van der Waals surface area contributed by atoms with Crippen LogP contribution in [0.3, 0.4) is 0 Å². The number of methoxy groups -OCH3 is 1. The molecule has 5 N–H and O–H groups in total. The number of ether oxygens (including phenoxy) is 3. The van der Waals surface area contributed by atoms with Crippen LogP contribution in [-0.2, 0) is 9.53 Å². The fourth-order valence-electron chi connectivity index (χ4n) is 3.56. The van der Waals surface area contributed by atoms with Crippen LogP contribution in [0.25, 0.3) is 22.3 Å². The lowest BCUT2D eigenvalue weighted by atomic mass is 9.99. The average Bonchev–Trinajstić information content (AvgIpc) is 2.80. The van der Waals surface area contributed by atoms with Gasteiger partial charge in [-0.2, -0.15) is 0 Å². The molecule has 0 bridgehead atoms. The van der Waals surface area contributed by atoms with Crippen LogP contribution in [0.15, 0.2) is 51.7 Å². The van der Waals surface area contributed by atoms with E-state index in [-0.39, 0.29) is 28.2 Å². The van der Waals surface area contributed by atoms with Crippen molar-refractivity contribution in [1.82, 2.24) is 0 Å². The SMILES string of the molecule is COc1c(O)c(OC2OC(C(=O)O)C(O)C(O)C2O)cc2oc(-c3ccccc3)cc(=O)c12. The molecule has 11 nitrogen and oxygen atoms in total. The predicted octanol–water partition coefficient (Wildman–Crippen LogP) is 0.445. The average molecular weight is 460 g/mol. The Morgan fingerprint density at radius 3 is 2.36 bits per heavy atom. The lowest BCUT2D eigenvalue weighted by Gasteiger charge is -2.38. The number of carboxylic acid groups (broad SMARTS) is 1. The van der Waals surface area contributed by atoms with Crippen molar-refractivity contribution in [1.29, 1.82) is 0 Å². The molecule has 0 radical (unpaired) electrons. The Morgan fingerprint density at radius 2 is 1.73 bits per heavy atom. The molecule has 33 heavy (non-hydrogen) atoms. The van der Waals surface area contributed by atoms with E-state index in [2.05, 4.69) is 0 Å². The maximum Gasteiger partial charge on any atom is 0.335 e. The van der Waals surface area contributed by atoms with Crippen LogP contribution in [0.1, 0.15) is 0 Å². The zero-order valence-corrected chi connectivity index (χ0v) is 17.1. The number of aliphatic hydroxyl groups excluding tert-OH is 3. The minimum absolute atomic E-state index is 0.0355. The van der Waals surface area contributed by atoms with Gasteiger partial charge in [0.1, 0.15) is 35.0 Å². The molecule has 1 aliphatic heterocycles. The minimum Gasteiger partial charge on any atom is -0.502 e. The Kier molecular flexibility index (Phi) is 5.95. The van der Waals surface area contributed by atoms with Gasteiger partial charge in [-0.05, 0) is 0 Å². The highest BCUT2D eigenvalue weighted by molar-refractivity contribution is 5.89. The number of hydrogen-bond acceptors (Lipinski definition) is 10. The van der Waals surface area contributed by atoms with Gasteiger partial charge in [0.25, 0.3) is 0 Å². The van der Waals surface area contributed by atoms with E-state index >= 15 is 0 Å². The van der Waals surface area contributed by atoms with Crippen LogP contribution < -0.4 is 14.9 Å². The molecule has 5 unspecified atom stereocenters. The molecule has 4 rings (SSSR count). The quantitative estimate of drug-likeness (QED) is 0.357. The normalized spacial score (nSPS) is 25.0. The molecule has 0 spiro atoms. The van der Waals surface area contributed by atoms with Crippen LogP contribution in [-0.4, -0.2) is 69.3 Å². The summed E-state index contributed by atoms with van der Waals surface area (Å²) in [7, 11) is 1.20. The first-order valence-corrected chi connectivity index (χ1v) is 9.75. The molecule has 1 saturated heterocycles. The fourth-order valence-corrected chi connectivity index (χ4v) is 3.56. The van der Waals surface area contributed by atoms with Gasteiger partial charge in [0, 0.05) is 17.7 Å². The maximum absolute atomic E-state index is 12.8. The summed E-state index contributed by atoms with van der Waals surface area (Å²) < 4.78 is 21.5. The second-order valence-electron chi connectivity index (χ2n) is 7.32. The van der Waals surface area contributed by atoms with Gasteiger partial charge in [-0.25, -0.2) is 4.79 Å². The Hall–Kier alpha value is -3.64. The van der Waals surface area contributed by atoms with Gasteiger partial charge in [0.2, 0.25) is 12.0 Å². The number of benzene rings is 2. The lowest BCUT2D eigenvalue weighted by molar-refractivity contribution is -0.271. The number of aliphatic hydroxyl groups is 3. The number of fused-ring (bicyclic) bond motifs is 1. The molecule has 0 aliphatic carbocycles. The molecule has 5 atom stereocenters. The third-order valence-corrected chi connectivity index (χ3v) is 5.23. The highest BCUT2D eigenvalue weighted by atomic mass is 16.7. The van der Waals surface area contributed by atoms with Crippen molar-refractivity contribution in [3.05, 3.63) is 52.7 Å². The number of rotatable bonds is 5. The van der Waals surface area contributed by atoms with E-state index in [9.17, 15) is 35.1 Å². The summed E-state index contributed by atoms with van der Waals surface area (Å²) in [5, 5.41) is 49.7. The van der Waals surface area contributed by atoms with Gasteiger partial charge < -0.3 is 44.2 Å². The second-order valence-corrected chi connectivity index (χ2v) is 7.32. The molecular weight excluding hydrogens is 440 g/mol. The van der Waals surface area contributed by atoms with Gasteiger partial charge >= 0.3 is 5.97 Å². The van der Waals surface area contributed by atoms with E-state index in [0.717, 1.165) is 6.07 Å². The van der Waals surface area contributed by atoms with Crippen LogP contribution in [0.2, 0.25) is 0 Å². The first-order valence-electron chi connectivity index (χ1n) is 9.75. The monoisotopic (exact) mass is 460 g/mol. The molecule has 174 valence electrons. The summed E-state index contributed by atoms with van der Waals surface area (Å²) >= 11 is 0. The first-order chi connectivity index (χ1) is 15.7. The Morgan fingerprint density at radius 1 is 1.03 bits per heavy atom. The molecule has 0 saturated carbocycles. The Bertz CT molecular complexity index is 1240. The van der Waals surface area contributed by atoms with E-state index in [0.29, 0.717) is 5.56 Å². The molecule has 1 aromatic heterocycles. The highest BCUT2D eigenvalue weighted by Gasteiger charge is 2.48. The smallest absolute Gasteiger partial charge is 0.335 e. The van der Waals surface area contributed by atoms with E-state index < -0.39 is 47.9 Å². The van der Waals surface area contributed by atoms with Crippen molar-refractivity contribution >= 4 is 16.9 Å². The van der Waals surface area contributed by atoms with Crippen molar-refractivity contribution < 1.29 is 49.0 Å². The number of aliphatic carboxylic acids is 1. The van der Waals surface area contributed by atoms with E-state index in [4.69, 9.17) is 18.6 Å². The highest BCUT2D eigenvalue weighted by Crippen LogP contribution is 2.43. The molecule has 3 aromatic rings. The third-order valence-electron chi connectivity index (χ3n) is 5.23. The van der Waals surface area contributed by atoms with Crippen molar-refractivity contribution in [2.75, 3.05) is 7.11 Å². The summed E-state index contributed by atoms with van der Waals surface area (Å²) in [6.45, 7) is 0. The molecule has 1 fully saturated rings. The molecule has 1 aliphatic rings. The molecule has 2 heterocycles. The largest absolute Gasteiger partial charge is 0.502 e. The second kappa shape index (κ2) is 8.71. The number of aromatic hydroxyl groups is 1. The fraction of sp³-hybridized carbons (Fsp3) is 0.273. The van der Waals surface area contributed by atoms with E-state index in [1.54, 1.807) is 30.3 Å². The van der Waals surface area contributed by atoms with Crippen molar-refractivity contribution in [3.8, 4) is 28.6 Å². The van der Waals surface area contributed by atoms with Gasteiger partial charge in [0.15, 0.2) is 23.0 Å². The van der Waals surface area contributed by atoms with Crippen LogP contribution >= 0.6 is 0 Å². The maximum atomic E-state index is 12.8. The summed E-state index contributed by atoms with van der Waals surface area (Å²) in [5.74, 6) is -2.68. The standard InChI is InChI=1S/C22H20O11/c1-30-19-14-10(23)7-11(9-5-3-2-4-6-9)31-12(14)8-13(15(19)24)32-22-18(27)16(25)17(26)20(33-22)21(28)29/h2-8,16-18,20,22,24-27H,1H3,(H,28,29). The minimum atomic E-state index is -1.91. The molecule has 11 heteroatoms. The number of phenols is 1. The predicted molar refractivity (Wildman–Crippen MR) is 111 cm³/mol. The summed E-state index contributed by atoms with van der Waals surface area (Å²) in [6, 6.07) is 11.1. The van der Waals surface area contributed by atoms with E-state index in [1.165, 1.54) is 13.2 Å². The number of carboxylic acids is 1. The third kappa shape index (κ3) is 3.98. The molecule has 0 amide bonds. The zero-order chi connectivity index (χ0) is 23.9. The first kappa shape index (κ1) is 22.6. The topological polar surface area (TPSA) is 176 Å². The van der Waals surface area contributed by atoms with Gasteiger partial charge in [-0.15, -0.1) is 0 Å². The van der Waals surface area contributed by atoms with Crippen molar-refractivity contribution in [3.63, 3.8) is 0 Å². The molecule has 2 aromatic carbocycles. The Balaban J connectivity index is 1.80. The van der Waals surface area contributed by atoms with Gasteiger partial charge in [-0.1, -0.05) is 30.3 Å². The van der Waals surface area contributed by atoms with Gasteiger partial charge in [-0.3, -0.25) is 4.79 Å². The van der Waals surface area contributed by atoms with Crippen LogP contribution in [0.4, 0.5) is 0 Å². The Labute approximate surface area is 185 Å². The van der Waals surface area contributed by atoms with Crippen molar-refractivity contribution in [2.45, 2.75) is 30.7 Å². The van der Waals surface area contributed by atoms with Gasteiger partial charge in [0.05, 0.1) is 7.11 Å². The van der Waals surface area contributed by atoms with Crippen LogP contribution in [0.5, 0.6) is 17.2 Å². The van der Waals surface area contributed by atoms with E-state index in [1.807, 2.05) is 0 Å². The zero-order valence-electron chi connectivity index (χ0n) is 17.1. The lowest BCUT2D eigenvalue weighted by Crippen LogP contribution is -2.61. The van der Waals surface area contributed by atoms with Crippen LogP contribution in [0, 0.1) is 0 Å². The van der Waals surface area contributed by atoms with Crippen molar-refractivity contribution in [2.24, 2.45) is 0 Å². The summed E-state index contributed by atoms with van der Waals surface area (Å²) in [4.78, 5) is 24.1. The summed E-state index contributed by atoms with van der Waals surface area (Å²) in [6.07, 6.45) is -9.37.